The van der Waals surface area contributed by atoms with Crippen LogP contribution in [0.1, 0.15) is 46.1 Å². The molecule has 4 heteroatoms. The van der Waals surface area contributed by atoms with Gasteiger partial charge in [-0.2, -0.15) is 0 Å². The van der Waals surface area contributed by atoms with Crippen molar-refractivity contribution in [1.82, 2.24) is 10.3 Å². The van der Waals surface area contributed by atoms with Crippen molar-refractivity contribution in [2.24, 2.45) is 5.92 Å². The van der Waals surface area contributed by atoms with Gasteiger partial charge in [-0.25, -0.2) is 4.98 Å². The van der Waals surface area contributed by atoms with E-state index in [9.17, 15) is 0 Å². The van der Waals surface area contributed by atoms with Gasteiger partial charge in [-0.15, -0.1) is 0 Å². The molecular formula is C16H28ClN3. The first kappa shape index (κ1) is 17.3. The third-order valence-electron chi connectivity index (χ3n) is 3.77. The first-order valence-electron chi connectivity index (χ1n) is 7.76. The summed E-state index contributed by atoms with van der Waals surface area (Å²) in [5.41, 5.74) is 1.14. The second-order valence-corrected chi connectivity index (χ2v) is 5.56. The number of aromatic nitrogens is 1. The molecule has 0 saturated carbocycles. The zero-order valence-corrected chi connectivity index (χ0v) is 14.0. The topological polar surface area (TPSA) is 28.2 Å². The first-order chi connectivity index (χ1) is 9.65. The predicted molar refractivity (Wildman–Crippen MR) is 88.6 cm³/mol. The van der Waals surface area contributed by atoms with E-state index in [1.54, 1.807) is 0 Å². The van der Waals surface area contributed by atoms with Crippen molar-refractivity contribution in [3.8, 4) is 0 Å². The van der Waals surface area contributed by atoms with E-state index in [2.05, 4.69) is 42.9 Å². The molecule has 0 spiro atoms. The minimum Gasteiger partial charge on any atom is -0.355 e. The second kappa shape index (κ2) is 9.19. The van der Waals surface area contributed by atoms with E-state index in [0.29, 0.717) is 5.92 Å². The maximum Gasteiger partial charge on any atom is 0.147 e. The number of anilines is 1. The van der Waals surface area contributed by atoms with Crippen LogP contribution < -0.4 is 10.2 Å². The summed E-state index contributed by atoms with van der Waals surface area (Å²) in [7, 11) is 0. The summed E-state index contributed by atoms with van der Waals surface area (Å²) in [6.45, 7) is 12.5. The van der Waals surface area contributed by atoms with Gasteiger partial charge in [-0.3, -0.25) is 0 Å². The summed E-state index contributed by atoms with van der Waals surface area (Å²) in [6, 6.07) is 2.03. The van der Waals surface area contributed by atoms with Crippen LogP contribution in [0.25, 0.3) is 0 Å². The van der Waals surface area contributed by atoms with Gasteiger partial charge >= 0.3 is 0 Å². The highest BCUT2D eigenvalue weighted by molar-refractivity contribution is 6.33. The van der Waals surface area contributed by atoms with Crippen LogP contribution in [0.5, 0.6) is 0 Å². The smallest absolute Gasteiger partial charge is 0.147 e. The number of halogens is 1. The number of nitrogens with one attached hydrogen (secondary N) is 1. The summed E-state index contributed by atoms with van der Waals surface area (Å²) in [5, 5.41) is 4.05. The van der Waals surface area contributed by atoms with Crippen LogP contribution in [0.2, 0.25) is 5.02 Å². The minimum atomic E-state index is 0.703. The van der Waals surface area contributed by atoms with Crippen molar-refractivity contribution < 1.29 is 0 Å². The molecule has 1 aromatic rings. The van der Waals surface area contributed by atoms with E-state index >= 15 is 0 Å². The molecule has 0 saturated heterocycles. The summed E-state index contributed by atoms with van der Waals surface area (Å²) in [6.07, 6.45) is 4.33. The highest BCUT2D eigenvalue weighted by Crippen LogP contribution is 2.25. The van der Waals surface area contributed by atoms with E-state index in [1.807, 2.05) is 12.3 Å². The summed E-state index contributed by atoms with van der Waals surface area (Å²) < 4.78 is 0. The molecule has 0 atom stereocenters. The second-order valence-electron chi connectivity index (χ2n) is 5.15. The monoisotopic (exact) mass is 297 g/mol. The molecule has 0 unspecified atom stereocenters. The molecule has 1 N–H and O–H groups in total. The molecular weight excluding hydrogens is 270 g/mol. The lowest BCUT2D eigenvalue weighted by Gasteiger charge is -2.27. The molecule has 20 heavy (non-hydrogen) atoms. The first-order valence-corrected chi connectivity index (χ1v) is 8.13. The Kier molecular flexibility index (Phi) is 7.93. The molecule has 0 fully saturated rings. The highest BCUT2D eigenvalue weighted by Gasteiger charge is 2.15. The van der Waals surface area contributed by atoms with E-state index < -0.39 is 0 Å². The van der Waals surface area contributed by atoms with Crippen molar-refractivity contribution in [1.29, 1.82) is 0 Å². The van der Waals surface area contributed by atoms with Gasteiger partial charge < -0.3 is 10.2 Å². The Morgan fingerprint density at radius 1 is 1.25 bits per heavy atom. The summed E-state index contributed by atoms with van der Waals surface area (Å²) in [4.78, 5) is 6.87. The molecule has 3 nitrogen and oxygen atoms in total. The van der Waals surface area contributed by atoms with Crippen molar-refractivity contribution >= 4 is 17.4 Å². The van der Waals surface area contributed by atoms with E-state index in [0.717, 1.165) is 42.6 Å². The third-order valence-corrected chi connectivity index (χ3v) is 4.05. The molecule has 0 aromatic carbocycles. The zero-order chi connectivity index (χ0) is 15.0. The Morgan fingerprint density at radius 2 is 1.95 bits per heavy atom. The molecule has 0 amide bonds. The van der Waals surface area contributed by atoms with Crippen LogP contribution in [0.15, 0.2) is 12.3 Å². The lowest BCUT2D eigenvalue weighted by molar-refractivity contribution is 0.484. The van der Waals surface area contributed by atoms with Gasteiger partial charge in [0.2, 0.25) is 0 Å². The van der Waals surface area contributed by atoms with Gasteiger partial charge in [0.1, 0.15) is 5.82 Å². The number of pyridine rings is 1. The molecule has 0 aliphatic heterocycles. The van der Waals surface area contributed by atoms with Crippen LogP contribution in [-0.2, 0) is 6.54 Å². The fourth-order valence-electron chi connectivity index (χ4n) is 2.29. The maximum atomic E-state index is 6.42. The number of hydrogen-bond donors (Lipinski definition) is 1. The average Bonchev–Trinajstić information content (AvgIpc) is 2.47. The molecule has 1 aromatic heterocycles. The third kappa shape index (κ3) is 4.95. The van der Waals surface area contributed by atoms with Crippen LogP contribution in [-0.4, -0.2) is 24.6 Å². The zero-order valence-electron chi connectivity index (χ0n) is 13.2. The highest BCUT2D eigenvalue weighted by atomic mass is 35.5. The van der Waals surface area contributed by atoms with Gasteiger partial charge in [0.15, 0.2) is 0 Å². The standard InChI is InChI=1S/C16H28ClN3/c1-5-13(6-2)12-20(8-4)16-15(17)9-14(11-19-16)10-18-7-3/h9,11,13,18H,5-8,10,12H2,1-4H3. The quantitative estimate of drug-likeness (QED) is 0.743. The van der Waals surface area contributed by atoms with Gasteiger partial charge in [0, 0.05) is 25.8 Å². The normalized spacial score (nSPS) is 11.1. The number of nitrogens with zero attached hydrogens (tertiary/aromatic N) is 2. The lowest BCUT2D eigenvalue weighted by Crippen LogP contribution is -2.30. The fraction of sp³-hybridized carbons (Fsp3) is 0.688. The SMILES string of the molecule is CCNCc1cnc(N(CC)CC(CC)CC)c(Cl)c1. The van der Waals surface area contributed by atoms with Crippen LogP contribution in [0.4, 0.5) is 5.82 Å². The van der Waals surface area contributed by atoms with Gasteiger partial charge in [0.25, 0.3) is 0 Å². The maximum absolute atomic E-state index is 6.42. The van der Waals surface area contributed by atoms with Gasteiger partial charge in [-0.05, 0) is 31.0 Å². The number of rotatable bonds is 9. The number of hydrogen-bond acceptors (Lipinski definition) is 3. The summed E-state index contributed by atoms with van der Waals surface area (Å²) >= 11 is 6.42. The van der Waals surface area contributed by atoms with Crippen LogP contribution in [0.3, 0.4) is 0 Å². The van der Waals surface area contributed by atoms with Crippen molar-refractivity contribution in [2.75, 3.05) is 24.5 Å². The molecule has 0 aliphatic rings. The Bertz CT molecular complexity index is 391. The molecule has 0 bridgehead atoms. The molecule has 1 rings (SSSR count). The van der Waals surface area contributed by atoms with Crippen molar-refractivity contribution in [3.05, 3.63) is 22.8 Å². The van der Waals surface area contributed by atoms with Gasteiger partial charge in [0.05, 0.1) is 5.02 Å². The van der Waals surface area contributed by atoms with E-state index in [-0.39, 0.29) is 0 Å². The Morgan fingerprint density at radius 3 is 2.45 bits per heavy atom. The fourth-order valence-corrected chi connectivity index (χ4v) is 2.60. The largest absolute Gasteiger partial charge is 0.355 e. The van der Waals surface area contributed by atoms with Crippen LogP contribution in [0, 0.1) is 5.92 Å². The predicted octanol–water partition coefficient (Wildman–Crippen LogP) is 4.11. The lowest BCUT2D eigenvalue weighted by atomic mass is 10.0. The van der Waals surface area contributed by atoms with Gasteiger partial charge in [-0.1, -0.05) is 45.2 Å². The summed E-state index contributed by atoms with van der Waals surface area (Å²) in [5.74, 6) is 1.62. The average molecular weight is 298 g/mol. The van der Waals surface area contributed by atoms with Crippen LogP contribution >= 0.6 is 11.6 Å². The Balaban J connectivity index is 2.81. The Labute approximate surface area is 128 Å². The van der Waals surface area contributed by atoms with Crippen molar-refractivity contribution in [2.45, 2.75) is 47.1 Å². The Hall–Kier alpha value is -0.800. The molecule has 114 valence electrons. The molecule has 0 radical (unpaired) electrons. The van der Waals surface area contributed by atoms with Crippen molar-refractivity contribution in [3.63, 3.8) is 0 Å². The molecule has 1 heterocycles. The minimum absolute atomic E-state index is 0.703. The molecule has 0 aliphatic carbocycles. The van der Waals surface area contributed by atoms with E-state index in [4.69, 9.17) is 11.6 Å². The van der Waals surface area contributed by atoms with E-state index in [1.165, 1.54) is 12.8 Å².